The normalized spacial score (nSPS) is 10.3. The summed E-state index contributed by atoms with van der Waals surface area (Å²) in [4.78, 5) is 12.1. The summed E-state index contributed by atoms with van der Waals surface area (Å²) in [6, 6.07) is 18.8. The van der Waals surface area contributed by atoms with Crippen molar-refractivity contribution >= 4 is 0 Å². The molecule has 0 N–H and O–H groups in total. The van der Waals surface area contributed by atoms with E-state index in [1.807, 2.05) is 18.2 Å². The van der Waals surface area contributed by atoms with Gasteiger partial charge in [-0.2, -0.15) is 0 Å². The average Bonchev–Trinajstić information content (AvgIpc) is 2.50. The number of aromatic nitrogens is 3. The van der Waals surface area contributed by atoms with Crippen LogP contribution in [-0.4, -0.2) is 15.0 Å². The Morgan fingerprint density at radius 2 is 1.32 bits per heavy atom. The van der Waals surface area contributed by atoms with Gasteiger partial charge in [0, 0.05) is 5.56 Å². The van der Waals surface area contributed by atoms with Gasteiger partial charge in [-0.3, -0.25) is 0 Å². The smallest absolute Gasteiger partial charge is 0.162 e. The molecule has 1 aromatic heterocycles. The number of benzene rings is 2. The van der Waals surface area contributed by atoms with Crippen molar-refractivity contribution in [2.45, 2.75) is 6.42 Å². The molecule has 0 bridgehead atoms. The minimum Gasteiger partial charge on any atom is -0.225 e. The zero-order chi connectivity index (χ0) is 12.9. The zero-order valence-corrected chi connectivity index (χ0v) is 10.4. The maximum absolute atomic E-state index is 4.14. The molecule has 0 aliphatic rings. The lowest BCUT2D eigenvalue weighted by atomic mass is 10.0. The van der Waals surface area contributed by atoms with Crippen LogP contribution in [-0.2, 0) is 6.42 Å². The fourth-order valence-corrected chi connectivity index (χ4v) is 1.99. The summed E-state index contributed by atoms with van der Waals surface area (Å²) in [5.74, 6) is 0.710. The number of hydrogen-bond acceptors (Lipinski definition) is 3. The van der Waals surface area contributed by atoms with Gasteiger partial charge < -0.3 is 0 Å². The van der Waals surface area contributed by atoms with Gasteiger partial charge in [0.2, 0.25) is 0 Å². The molecule has 3 heteroatoms. The minimum absolute atomic E-state index is 0.710. The summed E-state index contributed by atoms with van der Waals surface area (Å²) in [7, 11) is 0. The van der Waals surface area contributed by atoms with Gasteiger partial charge in [0.05, 0.1) is 0 Å². The average molecular weight is 247 g/mol. The lowest BCUT2D eigenvalue weighted by Crippen LogP contribution is -1.91. The molecule has 1 heterocycles. The van der Waals surface area contributed by atoms with Crippen LogP contribution in [0, 0.1) is 0 Å². The van der Waals surface area contributed by atoms with Crippen molar-refractivity contribution < 1.29 is 0 Å². The fraction of sp³-hybridized carbons (Fsp3) is 0.0625. The third kappa shape index (κ3) is 2.83. The zero-order valence-electron chi connectivity index (χ0n) is 10.4. The first-order chi connectivity index (χ1) is 9.42. The molecule has 92 valence electrons. The second kappa shape index (κ2) is 5.40. The standard InChI is InChI=1S/C16H13N3/c1-2-4-13(5-3-1)10-14-6-8-15(9-7-14)16-18-11-17-12-19-16/h1-9,11-12H,10H2. The van der Waals surface area contributed by atoms with Crippen molar-refractivity contribution in [2.75, 3.05) is 0 Å². The quantitative estimate of drug-likeness (QED) is 0.713. The van der Waals surface area contributed by atoms with Crippen LogP contribution < -0.4 is 0 Å². The summed E-state index contributed by atoms with van der Waals surface area (Å²) in [6.07, 6.45) is 3.97. The maximum atomic E-state index is 4.14. The molecule has 0 spiro atoms. The van der Waals surface area contributed by atoms with E-state index in [0.29, 0.717) is 5.82 Å². The van der Waals surface area contributed by atoms with Gasteiger partial charge in [0.25, 0.3) is 0 Å². The van der Waals surface area contributed by atoms with E-state index < -0.39 is 0 Å². The van der Waals surface area contributed by atoms with Crippen molar-refractivity contribution in [2.24, 2.45) is 0 Å². The van der Waals surface area contributed by atoms with Crippen LogP contribution in [0.25, 0.3) is 11.4 Å². The molecule has 0 aliphatic heterocycles. The number of nitrogens with zero attached hydrogens (tertiary/aromatic N) is 3. The SMILES string of the molecule is c1ccc(Cc2ccc(-c3ncncn3)cc2)cc1. The molecule has 0 fully saturated rings. The Bertz CT molecular complexity index is 634. The van der Waals surface area contributed by atoms with Gasteiger partial charge in [0.1, 0.15) is 12.7 Å². The van der Waals surface area contributed by atoms with Crippen molar-refractivity contribution in [3.05, 3.63) is 78.4 Å². The highest BCUT2D eigenvalue weighted by atomic mass is 15.0. The second-order valence-electron chi connectivity index (χ2n) is 4.32. The summed E-state index contributed by atoms with van der Waals surface area (Å²) >= 11 is 0. The molecule has 2 aromatic carbocycles. The molecule has 0 atom stereocenters. The molecule has 0 saturated carbocycles. The van der Waals surface area contributed by atoms with E-state index in [1.54, 1.807) is 0 Å². The van der Waals surface area contributed by atoms with Crippen LogP contribution in [0.4, 0.5) is 0 Å². The molecular weight excluding hydrogens is 234 g/mol. The Balaban J connectivity index is 1.80. The lowest BCUT2D eigenvalue weighted by molar-refractivity contribution is 1.05. The summed E-state index contributed by atoms with van der Waals surface area (Å²) in [5.41, 5.74) is 3.61. The van der Waals surface area contributed by atoms with Gasteiger partial charge in [-0.15, -0.1) is 0 Å². The summed E-state index contributed by atoms with van der Waals surface area (Å²) in [6.45, 7) is 0. The Kier molecular flexibility index (Phi) is 3.28. The van der Waals surface area contributed by atoms with Gasteiger partial charge in [0.15, 0.2) is 5.82 Å². The van der Waals surface area contributed by atoms with Gasteiger partial charge in [-0.05, 0) is 17.5 Å². The largest absolute Gasteiger partial charge is 0.225 e. The highest BCUT2D eigenvalue weighted by Crippen LogP contribution is 2.16. The van der Waals surface area contributed by atoms with Crippen LogP contribution >= 0.6 is 0 Å². The highest BCUT2D eigenvalue weighted by Gasteiger charge is 2.01. The molecule has 3 nitrogen and oxygen atoms in total. The summed E-state index contributed by atoms with van der Waals surface area (Å²) < 4.78 is 0. The molecule has 3 rings (SSSR count). The van der Waals surface area contributed by atoms with Crippen molar-refractivity contribution in [3.8, 4) is 11.4 Å². The Labute approximate surface area is 112 Å². The molecule has 0 aliphatic carbocycles. The first kappa shape index (κ1) is 11.5. The third-order valence-electron chi connectivity index (χ3n) is 2.96. The van der Waals surface area contributed by atoms with E-state index in [0.717, 1.165) is 12.0 Å². The van der Waals surface area contributed by atoms with Gasteiger partial charge >= 0.3 is 0 Å². The predicted octanol–water partition coefficient (Wildman–Crippen LogP) is 3.13. The van der Waals surface area contributed by atoms with E-state index >= 15 is 0 Å². The molecule has 0 radical (unpaired) electrons. The van der Waals surface area contributed by atoms with Gasteiger partial charge in [-0.1, -0.05) is 54.6 Å². The van der Waals surface area contributed by atoms with Crippen LogP contribution in [0.3, 0.4) is 0 Å². The molecule has 0 unspecified atom stereocenters. The van der Waals surface area contributed by atoms with Crippen LogP contribution in [0.1, 0.15) is 11.1 Å². The topological polar surface area (TPSA) is 38.7 Å². The lowest BCUT2D eigenvalue weighted by Gasteiger charge is -2.03. The van der Waals surface area contributed by atoms with Crippen molar-refractivity contribution in [3.63, 3.8) is 0 Å². The van der Waals surface area contributed by atoms with E-state index in [9.17, 15) is 0 Å². The van der Waals surface area contributed by atoms with Crippen LogP contribution in [0.2, 0.25) is 0 Å². The number of hydrogen-bond donors (Lipinski definition) is 0. The Morgan fingerprint density at radius 3 is 2.00 bits per heavy atom. The third-order valence-corrected chi connectivity index (χ3v) is 2.96. The minimum atomic E-state index is 0.710. The van der Waals surface area contributed by atoms with E-state index in [4.69, 9.17) is 0 Å². The first-order valence-electron chi connectivity index (χ1n) is 6.17. The summed E-state index contributed by atoms with van der Waals surface area (Å²) in [5, 5.41) is 0. The van der Waals surface area contributed by atoms with Gasteiger partial charge in [-0.25, -0.2) is 15.0 Å². The maximum Gasteiger partial charge on any atom is 0.162 e. The first-order valence-corrected chi connectivity index (χ1v) is 6.17. The van der Waals surface area contributed by atoms with Crippen molar-refractivity contribution in [1.29, 1.82) is 0 Å². The second-order valence-corrected chi connectivity index (χ2v) is 4.32. The monoisotopic (exact) mass is 247 g/mol. The van der Waals surface area contributed by atoms with E-state index in [-0.39, 0.29) is 0 Å². The highest BCUT2D eigenvalue weighted by molar-refractivity contribution is 5.54. The predicted molar refractivity (Wildman–Crippen MR) is 74.5 cm³/mol. The van der Waals surface area contributed by atoms with Crippen LogP contribution in [0.5, 0.6) is 0 Å². The number of rotatable bonds is 3. The Hall–Kier alpha value is -2.55. The van der Waals surface area contributed by atoms with E-state index in [2.05, 4.69) is 51.4 Å². The molecule has 0 saturated heterocycles. The molecule has 3 aromatic rings. The van der Waals surface area contributed by atoms with Crippen LogP contribution in [0.15, 0.2) is 67.3 Å². The molecule has 19 heavy (non-hydrogen) atoms. The fourth-order valence-electron chi connectivity index (χ4n) is 1.99. The van der Waals surface area contributed by atoms with E-state index in [1.165, 1.54) is 23.8 Å². The Morgan fingerprint density at radius 1 is 0.684 bits per heavy atom. The van der Waals surface area contributed by atoms with Crippen molar-refractivity contribution in [1.82, 2.24) is 15.0 Å². The molecular formula is C16H13N3. The molecule has 0 amide bonds.